The maximum absolute atomic E-state index is 12.7. The highest BCUT2D eigenvalue weighted by molar-refractivity contribution is 7.91. The Morgan fingerprint density at radius 1 is 1.25 bits per heavy atom. The molecule has 2 saturated heterocycles. The van der Waals surface area contributed by atoms with Crippen LogP contribution in [0.15, 0.2) is 24.3 Å². The van der Waals surface area contributed by atoms with Crippen molar-refractivity contribution in [1.29, 1.82) is 0 Å². The molecular weight excluding hydrogens is 350 g/mol. The van der Waals surface area contributed by atoms with Crippen molar-refractivity contribution in [3.05, 3.63) is 29.3 Å². The number of carbonyl (C=O) groups is 1. The maximum Gasteiger partial charge on any atom is 0.322 e. The Hall–Kier alpha value is -1.31. The third kappa shape index (κ3) is 3.53. The van der Waals surface area contributed by atoms with E-state index in [2.05, 4.69) is 17.1 Å². The zero-order valence-corrected chi connectivity index (χ0v) is 15.2. The zero-order chi connectivity index (χ0) is 17.3. The molecule has 1 aromatic rings. The standard InChI is InChI=1S/C16H22ClN3O3S/c1-2-7-19-8-9-20(15-11-24(22,23)10-14(15)19)16(21)18-13-6-4-3-5-12(13)17/h3-6,14-15H,2,7-11H2,1H3,(H,18,21)/t14-,15+/m1/s1. The molecule has 132 valence electrons. The molecule has 8 heteroatoms. The first-order valence-electron chi connectivity index (χ1n) is 8.18. The van der Waals surface area contributed by atoms with Crippen LogP contribution in [0.25, 0.3) is 0 Å². The summed E-state index contributed by atoms with van der Waals surface area (Å²) in [5, 5.41) is 3.27. The minimum absolute atomic E-state index is 0.0355. The summed E-state index contributed by atoms with van der Waals surface area (Å²) < 4.78 is 24.2. The van der Waals surface area contributed by atoms with E-state index in [0.717, 1.165) is 13.0 Å². The van der Waals surface area contributed by atoms with Crippen molar-refractivity contribution in [1.82, 2.24) is 9.80 Å². The Kier molecular flexibility index (Phi) is 5.03. The quantitative estimate of drug-likeness (QED) is 0.883. The number of halogens is 1. The smallest absolute Gasteiger partial charge is 0.318 e. The lowest BCUT2D eigenvalue weighted by molar-refractivity contribution is 0.0706. The van der Waals surface area contributed by atoms with Gasteiger partial charge in [-0.3, -0.25) is 4.90 Å². The van der Waals surface area contributed by atoms with E-state index in [4.69, 9.17) is 11.6 Å². The molecule has 0 bridgehead atoms. The van der Waals surface area contributed by atoms with Crippen LogP contribution in [-0.2, 0) is 9.84 Å². The van der Waals surface area contributed by atoms with Gasteiger partial charge in [-0.15, -0.1) is 0 Å². The Morgan fingerprint density at radius 3 is 2.67 bits per heavy atom. The van der Waals surface area contributed by atoms with E-state index in [1.54, 1.807) is 29.2 Å². The molecule has 0 unspecified atom stereocenters. The number of hydrogen-bond donors (Lipinski definition) is 1. The lowest BCUT2D eigenvalue weighted by Gasteiger charge is -2.43. The summed E-state index contributed by atoms with van der Waals surface area (Å²) in [5.74, 6) is 0.168. The van der Waals surface area contributed by atoms with E-state index in [-0.39, 0.29) is 29.6 Å². The van der Waals surface area contributed by atoms with Crippen LogP contribution in [0.5, 0.6) is 0 Å². The van der Waals surface area contributed by atoms with E-state index in [1.807, 2.05) is 0 Å². The van der Waals surface area contributed by atoms with Crippen molar-refractivity contribution in [3.8, 4) is 0 Å². The van der Waals surface area contributed by atoms with Gasteiger partial charge in [0.25, 0.3) is 0 Å². The van der Waals surface area contributed by atoms with Crippen molar-refractivity contribution < 1.29 is 13.2 Å². The lowest BCUT2D eigenvalue weighted by Crippen LogP contribution is -2.61. The van der Waals surface area contributed by atoms with E-state index in [1.165, 1.54) is 0 Å². The third-order valence-electron chi connectivity index (χ3n) is 4.68. The van der Waals surface area contributed by atoms with Crippen LogP contribution >= 0.6 is 11.6 Å². The SMILES string of the molecule is CCCN1CCN(C(=O)Nc2ccccc2Cl)[C@H]2CS(=O)(=O)C[C@H]21. The molecule has 3 rings (SSSR count). The minimum atomic E-state index is -3.12. The highest BCUT2D eigenvalue weighted by Gasteiger charge is 2.47. The van der Waals surface area contributed by atoms with Crippen LogP contribution in [0.3, 0.4) is 0 Å². The highest BCUT2D eigenvalue weighted by Crippen LogP contribution is 2.28. The van der Waals surface area contributed by atoms with Crippen LogP contribution in [0.4, 0.5) is 10.5 Å². The molecule has 0 aliphatic carbocycles. The van der Waals surface area contributed by atoms with Crippen LogP contribution in [-0.4, -0.2) is 67.5 Å². The molecule has 6 nitrogen and oxygen atoms in total. The van der Waals surface area contributed by atoms with Crippen molar-refractivity contribution in [2.75, 3.05) is 36.5 Å². The number of rotatable bonds is 3. The second-order valence-electron chi connectivity index (χ2n) is 6.35. The summed E-state index contributed by atoms with van der Waals surface area (Å²) in [6, 6.07) is 6.34. The fourth-order valence-corrected chi connectivity index (χ4v) is 5.79. The van der Waals surface area contributed by atoms with Crippen LogP contribution in [0.1, 0.15) is 13.3 Å². The topological polar surface area (TPSA) is 69.7 Å². The van der Waals surface area contributed by atoms with Crippen molar-refractivity contribution in [2.45, 2.75) is 25.4 Å². The van der Waals surface area contributed by atoms with Crippen molar-refractivity contribution in [3.63, 3.8) is 0 Å². The third-order valence-corrected chi connectivity index (χ3v) is 6.71. The largest absolute Gasteiger partial charge is 0.322 e. The summed E-state index contributed by atoms with van der Waals surface area (Å²) in [5.41, 5.74) is 0.539. The molecule has 2 heterocycles. The lowest BCUT2D eigenvalue weighted by atomic mass is 10.0. The van der Waals surface area contributed by atoms with Gasteiger partial charge in [0, 0.05) is 19.1 Å². The number of nitrogens with one attached hydrogen (secondary N) is 1. The first-order valence-corrected chi connectivity index (χ1v) is 10.4. The number of para-hydroxylation sites is 1. The van der Waals surface area contributed by atoms with Gasteiger partial charge >= 0.3 is 6.03 Å². The summed E-state index contributed by atoms with van der Waals surface area (Å²) in [4.78, 5) is 16.5. The second-order valence-corrected chi connectivity index (χ2v) is 8.91. The predicted octanol–water partition coefficient (Wildman–Crippen LogP) is 2.07. The van der Waals surface area contributed by atoms with Gasteiger partial charge in [-0.05, 0) is 25.1 Å². The number of anilines is 1. The van der Waals surface area contributed by atoms with E-state index in [9.17, 15) is 13.2 Å². The fraction of sp³-hybridized carbons (Fsp3) is 0.562. The number of amides is 2. The van der Waals surface area contributed by atoms with E-state index >= 15 is 0 Å². The minimum Gasteiger partial charge on any atom is -0.318 e. The molecule has 1 aromatic carbocycles. The number of urea groups is 1. The van der Waals surface area contributed by atoms with Gasteiger partial charge in [-0.2, -0.15) is 0 Å². The molecular formula is C16H22ClN3O3S. The van der Waals surface area contributed by atoms with Gasteiger partial charge in [0.05, 0.1) is 28.3 Å². The van der Waals surface area contributed by atoms with Gasteiger partial charge in [-0.25, -0.2) is 13.2 Å². The van der Waals surface area contributed by atoms with Crippen molar-refractivity contribution in [2.24, 2.45) is 0 Å². The average molecular weight is 372 g/mol. The molecule has 2 aliphatic heterocycles. The number of hydrogen-bond acceptors (Lipinski definition) is 4. The normalized spacial score (nSPS) is 26.2. The first kappa shape index (κ1) is 17.5. The fourth-order valence-electron chi connectivity index (χ4n) is 3.59. The Balaban J connectivity index is 1.78. The molecule has 0 radical (unpaired) electrons. The van der Waals surface area contributed by atoms with E-state index in [0.29, 0.717) is 23.8 Å². The average Bonchev–Trinajstić information content (AvgIpc) is 2.85. The van der Waals surface area contributed by atoms with Gasteiger partial charge in [0.2, 0.25) is 0 Å². The molecule has 0 spiro atoms. The maximum atomic E-state index is 12.7. The summed E-state index contributed by atoms with van der Waals surface area (Å²) in [6.07, 6.45) is 0.967. The number of nitrogens with zero attached hydrogens (tertiary/aromatic N) is 2. The second kappa shape index (κ2) is 6.90. The van der Waals surface area contributed by atoms with Gasteiger partial charge in [0.15, 0.2) is 9.84 Å². The van der Waals surface area contributed by atoms with Crippen LogP contribution in [0, 0.1) is 0 Å². The first-order chi connectivity index (χ1) is 11.4. The number of sulfone groups is 1. The molecule has 2 amide bonds. The molecule has 24 heavy (non-hydrogen) atoms. The van der Waals surface area contributed by atoms with Crippen LogP contribution in [0.2, 0.25) is 5.02 Å². The highest BCUT2D eigenvalue weighted by atomic mass is 35.5. The molecule has 2 fully saturated rings. The molecule has 1 N–H and O–H groups in total. The number of piperazine rings is 1. The summed E-state index contributed by atoms with van der Waals surface area (Å²) >= 11 is 6.09. The molecule has 0 saturated carbocycles. The predicted molar refractivity (Wildman–Crippen MR) is 95.3 cm³/mol. The van der Waals surface area contributed by atoms with Crippen LogP contribution < -0.4 is 5.32 Å². The van der Waals surface area contributed by atoms with Gasteiger partial charge in [0.1, 0.15) is 0 Å². The Morgan fingerprint density at radius 2 is 1.96 bits per heavy atom. The molecule has 2 aliphatic rings. The Bertz CT molecular complexity index is 725. The molecule has 2 atom stereocenters. The number of carbonyl (C=O) groups excluding carboxylic acids is 1. The monoisotopic (exact) mass is 371 g/mol. The number of benzene rings is 1. The molecule has 0 aromatic heterocycles. The number of fused-ring (bicyclic) bond motifs is 1. The van der Waals surface area contributed by atoms with E-state index < -0.39 is 9.84 Å². The van der Waals surface area contributed by atoms with Gasteiger partial charge < -0.3 is 10.2 Å². The summed E-state index contributed by atoms with van der Waals surface area (Å²) in [7, 11) is -3.12. The Labute approximate surface area is 147 Å². The summed E-state index contributed by atoms with van der Waals surface area (Å²) in [6.45, 7) is 4.15. The van der Waals surface area contributed by atoms with Gasteiger partial charge in [-0.1, -0.05) is 30.7 Å². The van der Waals surface area contributed by atoms with Crippen molar-refractivity contribution >= 4 is 33.2 Å². The zero-order valence-electron chi connectivity index (χ0n) is 13.6.